The average Bonchev–Trinajstić information content (AvgIpc) is 2.39. The fraction of sp³-hybridized carbons (Fsp3) is 0.0667. The molecule has 0 saturated carbocycles. The van der Waals surface area contributed by atoms with Crippen molar-refractivity contribution in [2.45, 2.75) is 6.92 Å². The number of para-hydroxylation sites is 1. The smallest absolute Gasteiger partial charge is 0.139 e. The highest BCUT2D eigenvalue weighted by molar-refractivity contribution is 7.71. The molecule has 1 aromatic heterocycles. The summed E-state index contributed by atoms with van der Waals surface area (Å²) in [6.07, 6.45) is 0. The lowest BCUT2D eigenvalue weighted by Gasteiger charge is -2.04. The van der Waals surface area contributed by atoms with Crippen molar-refractivity contribution in [3.63, 3.8) is 0 Å². The van der Waals surface area contributed by atoms with Gasteiger partial charge in [0, 0.05) is 16.5 Å². The molecule has 18 heavy (non-hydrogen) atoms. The highest BCUT2D eigenvalue weighted by Crippen LogP contribution is 2.19. The summed E-state index contributed by atoms with van der Waals surface area (Å²) in [6.45, 7) is 2.07. The summed E-state index contributed by atoms with van der Waals surface area (Å²) in [5.41, 5.74) is 3.31. The number of nitrogens with zero attached hydrogens (tertiary/aromatic N) is 1. The first-order valence-electron chi connectivity index (χ1n) is 5.80. The van der Waals surface area contributed by atoms with Crippen molar-refractivity contribution in [1.82, 2.24) is 9.97 Å². The molecule has 0 aliphatic carbocycles. The Balaban J connectivity index is 2.24. The van der Waals surface area contributed by atoms with Crippen molar-refractivity contribution < 1.29 is 0 Å². The Morgan fingerprint density at radius 3 is 2.50 bits per heavy atom. The van der Waals surface area contributed by atoms with Crippen LogP contribution in [0.25, 0.3) is 22.3 Å². The second-order valence-electron chi connectivity index (χ2n) is 4.30. The van der Waals surface area contributed by atoms with Crippen molar-refractivity contribution in [3.05, 3.63) is 58.7 Å². The second-order valence-corrected chi connectivity index (χ2v) is 4.69. The Labute approximate surface area is 110 Å². The van der Waals surface area contributed by atoms with E-state index in [0.717, 1.165) is 22.3 Å². The lowest BCUT2D eigenvalue weighted by molar-refractivity contribution is 1.21. The summed E-state index contributed by atoms with van der Waals surface area (Å²) >= 11 is 5.34. The number of hydrogen-bond donors (Lipinski definition) is 1. The molecule has 0 aliphatic heterocycles. The quantitative estimate of drug-likeness (QED) is 0.655. The molecule has 0 amide bonds. The topological polar surface area (TPSA) is 28.7 Å². The number of H-pyrrole nitrogens is 1. The van der Waals surface area contributed by atoms with Gasteiger partial charge < -0.3 is 4.98 Å². The van der Waals surface area contributed by atoms with E-state index in [9.17, 15) is 0 Å². The summed E-state index contributed by atoms with van der Waals surface area (Å²) in [4.78, 5) is 7.79. The normalized spacial score (nSPS) is 10.7. The zero-order valence-electron chi connectivity index (χ0n) is 9.97. The first-order chi connectivity index (χ1) is 8.74. The predicted molar refractivity (Wildman–Crippen MR) is 77.1 cm³/mol. The van der Waals surface area contributed by atoms with Gasteiger partial charge in [0.1, 0.15) is 10.5 Å². The number of aromatic amines is 1. The van der Waals surface area contributed by atoms with E-state index in [1.807, 2.05) is 24.3 Å². The maximum atomic E-state index is 5.34. The number of hydrogen-bond acceptors (Lipinski definition) is 2. The molecular weight excluding hydrogens is 240 g/mol. The molecule has 3 heteroatoms. The summed E-state index contributed by atoms with van der Waals surface area (Å²) in [6, 6.07) is 16.2. The van der Waals surface area contributed by atoms with Gasteiger partial charge in [0.25, 0.3) is 0 Å². The van der Waals surface area contributed by atoms with Gasteiger partial charge in [-0.2, -0.15) is 0 Å². The molecule has 3 aromatic rings. The third-order valence-corrected chi connectivity index (χ3v) is 3.26. The molecule has 2 nitrogen and oxygen atoms in total. The molecule has 0 atom stereocenters. The van der Waals surface area contributed by atoms with Gasteiger partial charge >= 0.3 is 0 Å². The van der Waals surface area contributed by atoms with E-state index in [0.29, 0.717) is 4.64 Å². The van der Waals surface area contributed by atoms with Crippen LogP contribution in [0.1, 0.15) is 5.56 Å². The van der Waals surface area contributed by atoms with Crippen LogP contribution < -0.4 is 0 Å². The number of aryl methyl sites for hydroxylation is 1. The van der Waals surface area contributed by atoms with E-state index in [-0.39, 0.29) is 0 Å². The zero-order valence-corrected chi connectivity index (χ0v) is 10.8. The van der Waals surface area contributed by atoms with Crippen LogP contribution >= 0.6 is 12.2 Å². The van der Waals surface area contributed by atoms with E-state index in [1.54, 1.807) is 0 Å². The van der Waals surface area contributed by atoms with E-state index in [2.05, 4.69) is 41.2 Å². The van der Waals surface area contributed by atoms with Crippen LogP contribution in [0.15, 0.2) is 48.5 Å². The number of fused-ring (bicyclic) bond motifs is 1. The maximum absolute atomic E-state index is 5.34. The van der Waals surface area contributed by atoms with Crippen LogP contribution in [-0.4, -0.2) is 9.97 Å². The van der Waals surface area contributed by atoms with Gasteiger partial charge in [-0.1, -0.05) is 54.2 Å². The Morgan fingerprint density at radius 2 is 1.72 bits per heavy atom. The number of aromatic nitrogens is 2. The first kappa shape index (κ1) is 11.1. The SMILES string of the molecule is Cc1ccc(-c2nc(=S)c3ccccc3[nH]2)cc1. The summed E-state index contributed by atoms with van der Waals surface area (Å²) in [5.74, 6) is 0.818. The maximum Gasteiger partial charge on any atom is 0.139 e. The lowest BCUT2D eigenvalue weighted by atomic mass is 10.1. The van der Waals surface area contributed by atoms with Crippen molar-refractivity contribution >= 4 is 23.1 Å². The van der Waals surface area contributed by atoms with Gasteiger partial charge in [0.2, 0.25) is 0 Å². The van der Waals surface area contributed by atoms with Gasteiger partial charge in [0.15, 0.2) is 0 Å². The highest BCUT2D eigenvalue weighted by atomic mass is 32.1. The molecule has 0 fully saturated rings. The molecule has 88 valence electrons. The molecule has 0 unspecified atom stereocenters. The minimum absolute atomic E-state index is 0.639. The molecule has 0 aliphatic rings. The average molecular weight is 252 g/mol. The van der Waals surface area contributed by atoms with E-state index < -0.39 is 0 Å². The van der Waals surface area contributed by atoms with Crippen molar-refractivity contribution in [3.8, 4) is 11.4 Å². The summed E-state index contributed by atoms with van der Waals surface area (Å²) < 4.78 is 0.639. The summed E-state index contributed by atoms with van der Waals surface area (Å²) in [5, 5.41) is 0.989. The molecule has 0 bridgehead atoms. The van der Waals surface area contributed by atoms with Gasteiger partial charge in [0.05, 0.1) is 0 Å². The van der Waals surface area contributed by atoms with Gasteiger partial charge in [-0.25, -0.2) is 4.98 Å². The van der Waals surface area contributed by atoms with Crippen LogP contribution in [0.5, 0.6) is 0 Å². The first-order valence-corrected chi connectivity index (χ1v) is 6.21. The van der Waals surface area contributed by atoms with Crippen LogP contribution in [0.4, 0.5) is 0 Å². The molecule has 0 radical (unpaired) electrons. The Bertz CT molecular complexity index is 757. The molecular formula is C15H12N2S. The van der Waals surface area contributed by atoms with Gasteiger partial charge in [-0.3, -0.25) is 0 Å². The second kappa shape index (κ2) is 4.35. The minimum atomic E-state index is 0.639. The lowest BCUT2D eigenvalue weighted by Crippen LogP contribution is -1.91. The van der Waals surface area contributed by atoms with Crippen molar-refractivity contribution in [2.75, 3.05) is 0 Å². The Hall–Kier alpha value is -2.00. The number of nitrogens with one attached hydrogen (secondary N) is 1. The number of benzene rings is 2. The van der Waals surface area contributed by atoms with E-state index in [4.69, 9.17) is 12.2 Å². The Morgan fingerprint density at radius 1 is 1.00 bits per heavy atom. The zero-order chi connectivity index (χ0) is 12.5. The molecule has 2 aromatic carbocycles. The van der Waals surface area contributed by atoms with E-state index >= 15 is 0 Å². The molecule has 0 spiro atoms. The van der Waals surface area contributed by atoms with Crippen LogP contribution in [-0.2, 0) is 0 Å². The van der Waals surface area contributed by atoms with Crippen LogP contribution in [0.2, 0.25) is 0 Å². The largest absolute Gasteiger partial charge is 0.339 e. The monoisotopic (exact) mass is 252 g/mol. The van der Waals surface area contributed by atoms with E-state index in [1.165, 1.54) is 5.56 Å². The highest BCUT2D eigenvalue weighted by Gasteiger charge is 2.02. The van der Waals surface area contributed by atoms with Gasteiger partial charge in [-0.05, 0) is 19.1 Å². The van der Waals surface area contributed by atoms with Crippen LogP contribution in [0, 0.1) is 11.6 Å². The van der Waals surface area contributed by atoms with Crippen molar-refractivity contribution in [2.24, 2.45) is 0 Å². The molecule has 3 rings (SSSR count). The fourth-order valence-corrected chi connectivity index (χ4v) is 2.21. The van der Waals surface area contributed by atoms with Gasteiger partial charge in [-0.15, -0.1) is 0 Å². The standard InChI is InChI=1S/C15H12N2S/c1-10-6-8-11(9-7-10)14-16-13-5-3-2-4-12(13)15(18)17-14/h2-9H,1H3,(H,16,17,18). The number of rotatable bonds is 1. The summed E-state index contributed by atoms with van der Waals surface area (Å²) in [7, 11) is 0. The van der Waals surface area contributed by atoms with Crippen LogP contribution in [0.3, 0.4) is 0 Å². The fourth-order valence-electron chi connectivity index (χ4n) is 1.94. The third kappa shape index (κ3) is 1.93. The molecule has 1 N–H and O–H groups in total. The Kier molecular flexibility index (Phi) is 2.68. The molecule has 1 heterocycles. The minimum Gasteiger partial charge on any atom is -0.339 e. The third-order valence-electron chi connectivity index (χ3n) is 2.95. The predicted octanol–water partition coefficient (Wildman–Crippen LogP) is 4.27. The van der Waals surface area contributed by atoms with Crippen molar-refractivity contribution in [1.29, 1.82) is 0 Å². The molecule has 0 saturated heterocycles.